The molecule has 0 unspecified atom stereocenters. The zero-order chi connectivity index (χ0) is 22.9. The highest BCUT2D eigenvalue weighted by atomic mass is 16.7. The monoisotopic (exact) mass is 449 g/mol. The molecule has 0 bridgehead atoms. The smallest absolute Gasteiger partial charge is 0.345 e. The van der Waals surface area contributed by atoms with Crippen molar-refractivity contribution in [3.63, 3.8) is 0 Å². The molecule has 0 N–H and O–H groups in total. The minimum absolute atomic E-state index is 0.0729. The number of anilines is 1. The maximum Gasteiger partial charge on any atom is 0.345 e. The van der Waals surface area contributed by atoms with Crippen LogP contribution in [0, 0.1) is 0 Å². The van der Waals surface area contributed by atoms with Crippen LogP contribution in [0.4, 0.5) is 5.69 Å². The molecule has 1 saturated heterocycles. The van der Waals surface area contributed by atoms with Gasteiger partial charge in [0, 0.05) is 37.6 Å². The molecule has 172 valence electrons. The first-order valence-corrected chi connectivity index (χ1v) is 11.2. The van der Waals surface area contributed by atoms with Crippen LogP contribution >= 0.6 is 0 Å². The SMILES string of the molecule is CCOC(=O)c1c(N2CCN(C)CC2)c2cc3c(cc2n(Cc2ccccc2)c1=O)OCO3. The molecule has 1 aromatic heterocycles. The molecule has 2 aromatic carbocycles. The third-order valence-corrected chi connectivity index (χ3v) is 6.22. The molecule has 2 aliphatic heterocycles. The van der Waals surface area contributed by atoms with Crippen LogP contribution in [0.15, 0.2) is 47.3 Å². The molecule has 3 aromatic rings. The largest absolute Gasteiger partial charge is 0.462 e. The molecule has 5 rings (SSSR count). The third kappa shape index (κ3) is 3.91. The van der Waals surface area contributed by atoms with Crippen molar-refractivity contribution in [3.05, 3.63) is 63.9 Å². The number of hydrogen-bond donors (Lipinski definition) is 0. The molecule has 8 nitrogen and oxygen atoms in total. The number of benzene rings is 2. The van der Waals surface area contributed by atoms with E-state index in [0.717, 1.165) is 24.0 Å². The van der Waals surface area contributed by atoms with Crippen LogP contribution in [0.1, 0.15) is 22.8 Å². The summed E-state index contributed by atoms with van der Waals surface area (Å²) in [5, 5.41) is 0.780. The fourth-order valence-electron chi connectivity index (χ4n) is 4.49. The Kier molecular flexibility index (Phi) is 5.68. The van der Waals surface area contributed by atoms with Crippen molar-refractivity contribution >= 4 is 22.6 Å². The second kappa shape index (κ2) is 8.78. The van der Waals surface area contributed by atoms with Gasteiger partial charge in [-0.05, 0) is 25.6 Å². The van der Waals surface area contributed by atoms with E-state index < -0.39 is 5.97 Å². The zero-order valence-corrected chi connectivity index (χ0v) is 18.9. The Morgan fingerprint density at radius 1 is 1.03 bits per heavy atom. The predicted octanol–water partition coefficient (Wildman–Crippen LogP) is 2.71. The quantitative estimate of drug-likeness (QED) is 0.555. The second-order valence-corrected chi connectivity index (χ2v) is 8.33. The van der Waals surface area contributed by atoms with Crippen molar-refractivity contribution in [1.29, 1.82) is 0 Å². The first-order chi connectivity index (χ1) is 16.1. The summed E-state index contributed by atoms with van der Waals surface area (Å²) in [6.07, 6.45) is 0. The number of pyridine rings is 1. The summed E-state index contributed by atoms with van der Waals surface area (Å²) in [7, 11) is 2.07. The molecule has 0 amide bonds. The Bertz CT molecular complexity index is 1250. The molecular weight excluding hydrogens is 422 g/mol. The topological polar surface area (TPSA) is 73.2 Å². The van der Waals surface area contributed by atoms with E-state index in [2.05, 4.69) is 16.8 Å². The van der Waals surface area contributed by atoms with Crippen LogP contribution in [-0.4, -0.2) is 62.1 Å². The normalized spacial score (nSPS) is 15.8. The third-order valence-electron chi connectivity index (χ3n) is 6.22. The number of hydrogen-bond acceptors (Lipinski definition) is 7. The summed E-state index contributed by atoms with van der Waals surface area (Å²) >= 11 is 0. The second-order valence-electron chi connectivity index (χ2n) is 8.33. The molecule has 0 aliphatic carbocycles. The average Bonchev–Trinajstić information content (AvgIpc) is 3.28. The molecule has 2 aliphatic rings. The summed E-state index contributed by atoms with van der Waals surface area (Å²) < 4.78 is 18.3. The van der Waals surface area contributed by atoms with E-state index in [9.17, 15) is 9.59 Å². The van der Waals surface area contributed by atoms with Gasteiger partial charge in [-0.15, -0.1) is 0 Å². The van der Waals surface area contributed by atoms with Crippen LogP contribution in [0.5, 0.6) is 11.5 Å². The number of ether oxygens (including phenoxy) is 3. The molecule has 1 fully saturated rings. The summed E-state index contributed by atoms with van der Waals surface area (Å²) in [5.41, 5.74) is 1.99. The maximum atomic E-state index is 13.9. The molecular formula is C25H27N3O5. The maximum absolute atomic E-state index is 13.9. The highest BCUT2D eigenvalue weighted by molar-refractivity contribution is 6.06. The number of carbonyl (C=O) groups is 1. The lowest BCUT2D eigenvalue weighted by Crippen LogP contribution is -2.46. The van der Waals surface area contributed by atoms with E-state index in [1.54, 1.807) is 11.5 Å². The number of carbonyl (C=O) groups excluding carboxylic acids is 1. The van der Waals surface area contributed by atoms with E-state index in [1.807, 2.05) is 42.5 Å². The number of piperazine rings is 1. The van der Waals surface area contributed by atoms with E-state index in [4.69, 9.17) is 14.2 Å². The number of esters is 1. The van der Waals surface area contributed by atoms with Crippen molar-refractivity contribution in [2.75, 3.05) is 51.5 Å². The van der Waals surface area contributed by atoms with Crippen molar-refractivity contribution in [1.82, 2.24) is 9.47 Å². The fraction of sp³-hybridized carbons (Fsp3) is 0.360. The van der Waals surface area contributed by atoms with Gasteiger partial charge in [0.05, 0.1) is 24.4 Å². The molecule has 8 heteroatoms. The van der Waals surface area contributed by atoms with Gasteiger partial charge >= 0.3 is 5.97 Å². The van der Waals surface area contributed by atoms with Crippen LogP contribution in [0.25, 0.3) is 10.9 Å². The fourth-order valence-corrected chi connectivity index (χ4v) is 4.49. The summed E-state index contributed by atoms with van der Waals surface area (Å²) in [4.78, 5) is 31.4. The lowest BCUT2D eigenvalue weighted by atomic mass is 10.0. The first-order valence-electron chi connectivity index (χ1n) is 11.2. The number of fused-ring (bicyclic) bond motifs is 2. The Balaban J connectivity index is 1.79. The van der Waals surface area contributed by atoms with Crippen molar-refractivity contribution in [3.8, 4) is 11.5 Å². The van der Waals surface area contributed by atoms with Gasteiger partial charge in [0.2, 0.25) is 6.79 Å². The summed E-state index contributed by atoms with van der Waals surface area (Å²) in [5.74, 6) is 0.604. The van der Waals surface area contributed by atoms with Crippen LogP contribution in [0.3, 0.4) is 0 Å². The Hall–Kier alpha value is -3.52. The van der Waals surface area contributed by atoms with Crippen molar-refractivity contribution < 1.29 is 19.0 Å². The highest BCUT2D eigenvalue weighted by Gasteiger charge is 2.30. The van der Waals surface area contributed by atoms with E-state index in [0.29, 0.717) is 42.3 Å². The molecule has 0 saturated carbocycles. The molecule has 0 atom stereocenters. The van der Waals surface area contributed by atoms with Gasteiger partial charge in [-0.25, -0.2) is 4.79 Å². The van der Waals surface area contributed by atoms with E-state index in [1.165, 1.54) is 0 Å². The van der Waals surface area contributed by atoms with Crippen molar-refractivity contribution in [2.45, 2.75) is 13.5 Å². The Labute approximate surface area is 191 Å². The van der Waals surface area contributed by atoms with E-state index >= 15 is 0 Å². The lowest BCUT2D eigenvalue weighted by molar-refractivity contribution is 0.0524. The van der Waals surface area contributed by atoms with Gasteiger partial charge < -0.3 is 28.6 Å². The van der Waals surface area contributed by atoms with Gasteiger partial charge in [-0.2, -0.15) is 0 Å². The highest BCUT2D eigenvalue weighted by Crippen LogP contribution is 2.40. The lowest BCUT2D eigenvalue weighted by Gasteiger charge is -2.35. The van der Waals surface area contributed by atoms with Gasteiger partial charge in [0.25, 0.3) is 5.56 Å². The van der Waals surface area contributed by atoms with Gasteiger partial charge in [0.1, 0.15) is 5.56 Å². The number of aromatic nitrogens is 1. The molecule has 0 spiro atoms. The number of nitrogens with zero attached hydrogens (tertiary/aromatic N) is 3. The summed E-state index contributed by atoms with van der Waals surface area (Å²) in [6.45, 7) is 5.47. The minimum atomic E-state index is -0.599. The number of likely N-dealkylation sites (N-methyl/N-ethyl adjacent to an activating group) is 1. The Morgan fingerprint density at radius 3 is 2.42 bits per heavy atom. The zero-order valence-electron chi connectivity index (χ0n) is 18.9. The van der Waals surface area contributed by atoms with Gasteiger partial charge in [-0.1, -0.05) is 30.3 Å². The van der Waals surface area contributed by atoms with Crippen LogP contribution in [-0.2, 0) is 11.3 Å². The molecule has 3 heterocycles. The molecule has 33 heavy (non-hydrogen) atoms. The van der Waals surface area contributed by atoms with Crippen molar-refractivity contribution in [2.24, 2.45) is 0 Å². The standard InChI is InChI=1S/C25H27N3O5/c1-3-31-25(30)22-23(27-11-9-26(2)10-12-27)18-13-20-21(33-16-32-20)14-19(18)28(24(22)29)15-17-7-5-4-6-8-17/h4-8,13-14H,3,9-12,15-16H2,1-2H3. The number of rotatable bonds is 5. The van der Waals surface area contributed by atoms with E-state index in [-0.39, 0.29) is 24.5 Å². The van der Waals surface area contributed by atoms with Crippen LogP contribution in [0.2, 0.25) is 0 Å². The Morgan fingerprint density at radius 2 is 1.73 bits per heavy atom. The predicted molar refractivity (Wildman–Crippen MR) is 126 cm³/mol. The molecule has 0 radical (unpaired) electrons. The van der Waals surface area contributed by atoms with Gasteiger partial charge in [-0.3, -0.25) is 4.79 Å². The average molecular weight is 450 g/mol. The van der Waals surface area contributed by atoms with Crippen LogP contribution < -0.4 is 19.9 Å². The minimum Gasteiger partial charge on any atom is -0.462 e. The van der Waals surface area contributed by atoms with Gasteiger partial charge in [0.15, 0.2) is 11.5 Å². The first kappa shape index (κ1) is 21.3. The summed E-state index contributed by atoms with van der Waals surface area (Å²) in [6, 6.07) is 13.5.